The fourth-order valence-electron chi connectivity index (χ4n) is 2.36. The summed E-state index contributed by atoms with van der Waals surface area (Å²) in [4.78, 5) is 9.16. The van der Waals surface area contributed by atoms with Crippen LogP contribution in [0.15, 0.2) is 4.99 Å². The van der Waals surface area contributed by atoms with Gasteiger partial charge < -0.3 is 20.3 Å². The molecule has 2 atom stereocenters. The quantitative estimate of drug-likeness (QED) is 0.524. The van der Waals surface area contributed by atoms with Gasteiger partial charge in [0.25, 0.3) is 0 Å². The van der Waals surface area contributed by atoms with E-state index in [1.807, 2.05) is 0 Å². The molecule has 2 N–H and O–H groups in total. The van der Waals surface area contributed by atoms with E-state index in [-0.39, 0.29) is 6.04 Å². The second-order valence-electron chi connectivity index (χ2n) is 5.64. The van der Waals surface area contributed by atoms with E-state index in [2.05, 4.69) is 46.3 Å². The van der Waals surface area contributed by atoms with Gasteiger partial charge in [0.05, 0.1) is 6.61 Å². The van der Waals surface area contributed by atoms with Gasteiger partial charge in [-0.15, -0.1) is 0 Å². The maximum Gasteiger partial charge on any atom is 0.191 e. The van der Waals surface area contributed by atoms with Crippen LogP contribution < -0.4 is 10.6 Å². The molecule has 20 heavy (non-hydrogen) atoms. The average Bonchev–Trinajstić information content (AvgIpc) is 2.44. The lowest BCUT2D eigenvalue weighted by molar-refractivity contribution is 0.120. The molecule has 2 unspecified atom stereocenters. The minimum atomic E-state index is 0.255. The molecule has 1 saturated heterocycles. The number of rotatable bonds is 6. The van der Waals surface area contributed by atoms with Gasteiger partial charge in [-0.1, -0.05) is 0 Å². The standard InChI is InChI=1S/C14H31N5O/c1-12(11-20-5)17-14(15-3)16-10-13(2)19-8-6-18(4)7-9-19/h12-13H,6-11H2,1-5H3,(H2,15,16,17). The second kappa shape index (κ2) is 9.15. The lowest BCUT2D eigenvalue weighted by atomic mass is 10.2. The van der Waals surface area contributed by atoms with Crippen molar-refractivity contribution in [2.24, 2.45) is 4.99 Å². The first-order chi connectivity index (χ1) is 9.56. The lowest BCUT2D eigenvalue weighted by Gasteiger charge is -2.36. The topological polar surface area (TPSA) is 52.1 Å². The Labute approximate surface area is 123 Å². The Morgan fingerprint density at radius 1 is 1.25 bits per heavy atom. The molecular weight excluding hydrogens is 254 g/mol. The van der Waals surface area contributed by atoms with Crippen LogP contribution in [0.5, 0.6) is 0 Å². The van der Waals surface area contributed by atoms with Crippen LogP contribution in [0.1, 0.15) is 13.8 Å². The van der Waals surface area contributed by atoms with Crippen LogP contribution in [0.2, 0.25) is 0 Å². The van der Waals surface area contributed by atoms with Crippen molar-refractivity contribution in [3.05, 3.63) is 0 Å². The highest BCUT2D eigenvalue weighted by Gasteiger charge is 2.19. The number of hydrogen-bond acceptors (Lipinski definition) is 4. The minimum absolute atomic E-state index is 0.255. The molecule has 0 aromatic carbocycles. The van der Waals surface area contributed by atoms with Crippen LogP contribution in [-0.2, 0) is 4.74 Å². The molecule has 1 rings (SSSR count). The molecule has 6 heteroatoms. The summed E-state index contributed by atoms with van der Waals surface area (Å²) in [5, 5.41) is 6.72. The summed E-state index contributed by atoms with van der Waals surface area (Å²) in [6.45, 7) is 10.5. The smallest absolute Gasteiger partial charge is 0.191 e. The molecule has 1 fully saturated rings. The molecule has 0 saturated carbocycles. The summed E-state index contributed by atoms with van der Waals surface area (Å²) in [5.41, 5.74) is 0. The normalized spacial score (nSPS) is 21.6. The molecule has 0 aromatic rings. The van der Waals surface area contributed by atoms with E-state index in [9.17, 15) is 0 Å². The predicted octanol–water partition coefficient (Wildman–Crippen LogP) is -0.178. The number of guanidine groups is 1. The van der Waals surface area contributed by atoms with Gasteiger partial charge in [-0.2, -0.15) is 0 Å². The van der Waals surface area contributed by atoms with Crippen molar-refractivity contribution < 1.29 is 4.74 Å². The molecule has 118 valence electrons. The molecular formula is C14H31N5O. The zero-order chi connectivity index (χ0) is 15.0. The van der Waals surface area contributed by atoms with Crippen molar-refractivity contribution in [3.8, 4) is 0 Å². The Kier molecular flexibility index (Phi) is 7.87. The van der Waals surface area contributed by atoms with E-state index in [1.54, 1.807) is 14.2 Å². The molecule has 0 spiro atoms. The Balaban J connectivity index is 2.29. The first-order valence-corrected chi connectivity index (χ1v) is 7.45. The Morgan fingerprint density at radius 3 is 2.45 bits per heavy atom. The summed E-state index contributed by atoms with van der Waals surface area (Å²) < 4.78 is 5.12. The average molecular weight is 285 g/mol. The first kappa shape index (κ1) is 17.2. The third-order valence-electron chi connectivity index (χ3n) is 3.75. The molecule has 1 aliphatic rings. The fourth-order valence-corrected chi connectivity index (χ4v) is 2.36. The number of piperazine rings is 1. The number of hydrogen-bond donors (Lipinski definition) is 2. The third-order valence-corrected chi connectivity index (χ3v) is 3.75. The van der Waals surface area contributed by atoms with E-state index in [0.717, 1.165) is 38.7 Å². The highest BCUT2D eigenvalue weighted by Crippen LogP contribution is 2.03. The number of nitrogens with one attached hydrogen (secondary N) is 2. The van der Waals surface area contributed by atoms with Crippen molar-refractivity contribution in [1.82, 2.24) is 20.4 Å². The van der Waals surface area contributed by atoms with Crippen LogP contribution in [0.4, 0.5) is 0 Å². The molecule has 0 radical (unpaired) electrons. The summed E-state index contributed by atoms with van der Waals surface area (Å²) in [5.74, 6) is 0.843. The summed E-state index contributed by atoms with van der Waals surface area (Å²) in [7, 11) is 5.70. The van der Waals surface area contributed by atoms with E-state index >= 15 is 0 Å². The minimum Gasteiger partial charge on any atom is -0.383 e. The van der Waals surface area contributed by atoms with Crippen LogP contribution in [0, 0.1) is 0 Å². The van der Waals surface area contributed by atoms with Gasteiger partial charge in [-0.05, 0) is 20.9 Å². The van der Waals surface area contributed by atoms with Crippen molar-refractivity contribution in [2.45, 2.75) is 25.9 Å². The maximum absolute atomic E-state index is 5.12. The van der Waals surface area contributed by atoms with E-state index in [4.69, 9.17) is 4.74 Å². The van der Waals surface area contributed by atoms with Crippen molar-refractivity contribution in [3.63, 3.8) is 0 Å². The zero-order valence-corrected chi connectivity index (χ0v) is 13.6. The van der Waals surface area contributed by atoms with Crippen molar-refractivity contribution in [2.75, 3.05) is 60.5 Å². The summed E-state index contributed by atoms with van der Waals surface area (Å²) in [6.07, 6.45) is 0. The molecule has 0 aromatic heterocycles. The molecule has 1 heterocycles. The maximum atomic E-state index is 5.12. The number of methoxy groups -OCH3 is 1. The Bertz CT molecular complexity index is 289. The van der Waals surface area contributed by atoms with Gasteiger partial charge in [0, 0.05) is 59.0 Å². The van der Waals surface area contributed by atoms with E-state index < -0.39 is 0 Å². The zero-order valence-electron chi connectivity index (χ0n) is 13.6. The van der Waals surface area contributed by atoms with Gasteiger partial charge in [0.2, 0.25) is 0 Å². The Morgan fingerprint density at radius 2 is 1.90 bits per heavy atom. The Hall–Kier alpha value is -0.850. The van der Waals surface area contributed by atoms with Gasteiger partial charge in [0.1, 0.15) is 0 Å². The van der Waals surface area contributed by atoms with Crippen LogP contribution >= 0.6 is 0 Å². The highest BCUT2D eigenvalue weighted by molar-refractivity contribution is 5.79. The van der Waals surface area contributed by atoms with Gasteiger partial charge in [0.15, 0.2) is 5.96 Å². The van der Waals surface area contributed by atoms with E-state index in [1.165, 1.54) is 0 Å². The number of nitrogens with zero attached hydrogens (tertiary/aromatic N) is 3. The predicted molar refractivity (Wildman–Crippen MR) is 84.4 cm³/mol. The van der Waals surface area contributed by atoms with Gasteiger partial charge in [-0.3, -0.25) is 9.89 Å². The largest absolute Gasteiger partial charge is 0.383 e. The molecule has 6 nitrogen and oxygen atoms in total. The van der Waals surface area contributed by atoms with Gasteiger partial charge in [-0.25, -0.2) is 0 Å². The number of ether oxygens (including phenoxy) is 1. The lowest BCUT2D eigenvalue weighted by Crippen LogP contribution is -2.53. The monoisotopic (exact) mass is 285 g/mol. The molecule has 1 aliphatic heterocycles. The molecule has 0 aliphatic carbocycles. The van der Waals surface area contributed by atoms with Gasteiger partial charge >= 0.3 is 0 Å². The number of likely N-dealkylation sites (N-methyl/N-ethyl adjacent to an activating group) is 1. The van der Waals surface area contributed by atoms with E-state index in [0.29, 0.717) is 12.6 Å². The van der Waals surface area contributed by atoms with Crippen molar-refractivity contribution in [1.29, 1.82) is 0 Å². The third kappa shape index (κ3) is 6.07. The number of aliphatic imine (C=N–C) groups is 1. The fraction of sp³-hybridized carbons (Fsp3) is 0.929. The molecule has 0 amide bonds. The van der Waals surface area contributed by atoms with Crippen LogP contribution in [0.3, 0.4) is 0 Å². The van der Waals surface area contributed by atoms with Crippen molar-refractivity contribution >= 4 is 5.96 Å². The summed E-state index contributed by atoms with van der Waals surface area (Å²) in [6, 6.07) is 0.769. The molecule has 0 bridgehead atoms. The SMILES string of the molecule is CN=C(NCC(C)N1CCN(C)CC1)NC(C)COC. The van der Waals surface area contributed by atoms with Crippen LogP contribution in [0.25, 0.3) is 0 Å². The first-order valence-electron chi connectivity index (χ1n) is 7.45. The summed E-state index contributed by atoms with van der Waals surface area (Å²) >= 11 is 0. The highest BCUT2D eigenvalue weighted by atomic mass is 16.5. The second-order valence-corrected chi connectivity index (χ2v) is 5.64. The van der Waals surface area contributed by atoms with Crippen LogP contribution in [-0.4, -0.2) is 88.4 Å².